The Kier molecular flexibility index (Phi) is 4.88. The second kappa shape index (κ2) is 6.01. The number of carbonyl (C=O) groups excluding carboxylic acids is 1. The van der Waals surface area contributed by atoms with Gasteiger partial charge in [-0.25, -0.2) is 4.39 Å². The van der Waals surface area contributed by atoms with Crippen molar-refractivity contribution in [2.24, 2.45) is 5.73 Å². The summed E-state index contributed by atoms with van der Waals surface area (Å²) in [5, 5.41) is 2.74. The molecule has 0 aliphatic heterocycles. The molecule has 0 heterocycles. The van der Waals surface area contributed by atoms with Crippen LogP contribution in [0.5, 0.6) is 0 Å². The Balaban J connectivity index is 3.25. The van der Waals surface area contributed by atoms with Crippen LogP contribution in [0.2, 0.25) is 0 Å². The molecule has 0 saturated carbocycles. The molecule has 1 aromatic carbocycles. The molecule has 0 aliphatic rings. The molecule has 1 atom stereocenters. The lowest BCUT2D eigenvalue weighted by Crippen LogP contribution is -2.28. The van der Waals surface area contributed by atoms with Gasteiger partial charge in [-0.15, -0.1) is 0 Å². The normalized spacial score (nSPS) is 13.3. The molecule has 3 nitrogen and oxygen atoms in total. The third kappa shape index (κ3) is 4.20. The Morgan fingerprint density at radius 2 is 2.05 bits per heavy atom. The number of benzene rings is 1. The lowest BCUT2D eigenvalue weighted by atomic mass is 9.97. The van der Waals surface area contributed by atoms with Crippen molar-refractivity contribution in [1.82, 2.24) is 5.32 Å². The van der Waals surface area contributed by atoms with Gasteiger partial charge in [0.25, 0.3) is 0 Å². The maximum atomic E-state index is 13.0. The molecule has 1 aromatic rings. The number of halogens is 4. The van der Waals surface area contributed by atoms with Crippen molar-refractivity contribution < 1.29 is 22.4 Å². The fraction of sp³-hybridized carbons (Fsp3) is 0.417. The van der Waals surface area contributed by atoms with Gasteiger partial charge in [0.05, 0.1) is 5.56 Å². The highest BCUT2D eigenvalue weighted by molar-refractivity contribution is 5.74. The minimum Gasteiger partial charge on any atom is -0.370 e. The summed E-state index contributed by atoms with van der Waals surface area (Å²) >= 11 is 0. The van der Waals surface area contributed by atoms with Crippen LogP contribution in [0.3, 0.4) is 0 Å². The quantitative estimate of drug-likeness (QED) is 0.812. The van der Waals surface area contributed by atoms with Gasteiger partial charge < -0.3 is 11.1 Å². The number of carbonyl (C=O) groups is 1. The predicted molar refractivity (Wildman–Crippen MR) is 61.6 cm³/mol. The van der Waals surface area contributed by atoms with Gasteiger partial charge in [-0.05, 0) is 24.2 Å². The first-order valence-electron chi connectivity index (χ1n) is 5.64. The number of amides is 1. The van der Waals surface area contributed by atoms with Gasteiger partial charge in [0.1, 0.15) is 5.82 Å². The van der Waals surface area contributed by atoms with Crippen molar-refractivity contribution in [2.75, 3.05) is 6.54 Å². The first-order chi connectivity index (χ1) is 8.75. The van der Waals surface area contributed by atoms with Crippen LogP contribution in [0.25, 0.3) is 0 Å². The average molecular weight is 278 g/mol. The van der Waals surface area contributed by atoms with Crippen LogP contribution in [0.1, 0.15) is 30.5 Å². The van der Waals surface area contributed by atoms with Crippen molar-refractivity contribution in [2.45, 2.75) is 25.6 Å². The van der Waals surface area contributed by atoms with E-state index in [0.29, 0.717) is 12.6 Å². The van der Waals surface area contributed by atoms with Crippen LogP contribution in [-0.4, -0.2) is 12.5 Å². The lowest BCUT2D eigenvalue weighted by molar-refractivity contribution is -0.139. The Morgan fingerprint density at radius 1 is 1.42 bits per heavy atom. The van der Waals surface area contributed by atoms with Crippen molar-refractivity contribution in [3.63, 3.8) is 0 Å². The summed E-state index contributed by atoms with van der Waals surface area (Å²) in [4.78, 5) is 10.9. The molecular weight excluding hydrogens is 264 g/mol. The van der Waals surface area contributed by atoms with Gasteiger partial charge >= 0.3 is 6.18 Å². The molecule has 1 rings (SSSR count). The van der Waals surface area contributed by atoms with Gasteiger partial charge in [0.2, 0.25) is 5.91 Å². The van der Waals surface area contributed by atoms with Gasteiger partial charge in [-0.2, -0.15) is 13.2 Å². The minimum atomic E-state index is -4.69. The maximum absolute atomic E-state index is 13.0. The largest absolute Gasteiger partial charge is 0.416 e. The highest BCUT2D eigenvalue weighted by Crippen LogP contribution is 2.35. The Bertz CT molecular complexity index is 460. The summed E-state index contributed by atoms with van der Waals surface area (Å²) in [6.07, 6.45) is -4.98. The number of primary amides is 1. The molecule has 3 N–H and O–H groups in total. The zero-order valence-electron chi connectivity index (χ0n) is 10.2. The van der Waals surface area contributed by atoms with Crippen LogP contribution in [-0.2, 0) is 11.0 Å². The van der Waals surface area contributed by atoms with E-state index in [9.17, 15) is 22.4 Å². The number of rotatable bonds is 5. The summed E-state index contributed by atoms with van der Waals surface area (Å²) < 4.78 is 51.5. The van der Waals surface area contributed by atoms with E-state index in [4.69, 9.17) is 5.73 Å². The van der Waals surface area contributed by atoms with Crippen molar-refractivity contribution >= 4 is 5.91 Å². The van der Waals surface area contributed by atoms with E-state index in [-0.39, 0.29) is 12.0 Å². The van der Waals surface area contributed by atoms with Crippen LogP contribution in [0.15, 0.2) is 18.2 Å². The number of nitrogens with two attached hydrogens (primary N) is 1. The monoisotopic (exact) mass is 278 g/mol. The van der Waals surface area contributed by atoms with E-state index >= 15 is 0 Å². The number of nitrogens with one attached hydrogen (secondary N) is 1. The molecule has 0 aliphatic carbocycles. The minimum absolute atomic E-state index is 0.186. The molecule has 1 amide bonds. The highest BCUT2D eigenvalue weighted by atomic mass is 19.4. The van der Waals surface area contributed by atoms with Crippen molar-refractivity contribution in [3.8, 4) is 0 Å². The maximum Gasteiger partial charge on any atom is 0.416 e. The molecule has 106 valence electrons. The third-order valence-corrected chi connectivity index (χ3v) is 2.55. The highest BCUT2D eigenvalue weighted by Gasteiger charge is 2.35. The zero-order chi connectivity index (χ0) is 14.6. The summed E-state index contributed by atoms with van der Waals surface area (Å²) in [6, 6.07) is 1.48. The van der Waals surface area contributed by atoms with Crippen LogP contribution >= 0.6 is 0 Å². The number of alkyl halides is 3. The summed E-state index contributed by atoms with van der Waals surface area (Å²) in [5.74, 6) is -1.71. The average Bonchev–Trinajstić information content (AvgIpc) is 2.26. The van der Waals surface area contributed by atoms with E-state index in [1.807, 2.05) is 0 Å². The van der Waals surface area contributed by atoms with Gasteiger partial charge in [-0.3, -0.25) is 4.79 Å². The van der Waals surface area contributed by atoms with E-state index in [1.165, 1.54) is 0 Å². The van der Waals surface area contributed by atoms with Crippen LogP contribution in [0.4, 0.5) is 17.6 Å². The third-order valence-electron chi connectivity index (χ3n) is 2.55. The number of hydrogen-bond donors (Lipinski definition) is 2. The second-order valence-corrected chi connectivity index (χ2v) is 4.01. The molecule has 0 bridgehead atoms. The van der Waals surface area contributed by atoms with Crippen molar-refractivity contribution in [1.29, 1.82) is 0 Å². The number of hydrogen-bond acceptors (Lipinski definition) is 2. The first kappa shape index (κ1) is 15.4. The smallest absolute Gasteiger partial charge is 0.370 e. The standard InChI is InChI=1S/C12H14F4N2O/c1-2-18-10(6-11(17)19)8-4-3-7(13)5-9(8)12(14,15)16/h3-5,10,18H,2,6H2,1H3,(H2,17,19). The Hall–Kier alpha value is -1.63. The summed E-state index contributed by atoms with van der Waals surface area (Å²) in [6.45, 7) is 2.04. The van der Waals surface area contributed by atoms with Crippen molar-refractivity contribution in [3.05, 3.63) is 35.1 Å². The van der Waals surface area contributed by atoms with Crippen LogP contribution < -0.4 is 11.1 Å². The summed E-state index contributed by atoms with van der Waals surface area (Å²) in [5.41, 5.74) is 3.73. The SMILES string of the molecule is CCNC(CC(N)=O)c1ccc(F)cc1C(F)(F)F. The van der Waals surface area contributed by atoms with E-state index in [2.05, 4.69) is 5.32 Å². The van der Waals surface area contributed by atoms with E-state index in [1.54, 1.807) is 6.92 Å². The topological polar surface area (TPSA) is 55.1 Å². The van der Waals surface area contributed by atoms with E-state index < -0.39 is 29.5 Å². The Morgan fingerprint density at radius 3 is 2.53 bits per heavy atom. The van der Waals surface area contributed by atoms with Gasteiger partial charge in [0, 0.05) is 12.5 Å². The fourth-order valence-electron chi connectivity index (χ4n) is 1.82. The molecule has 0 radical (unpaired) electrons. The van der Waals surface area contributed by atoms with E-state index in [0.717, 1.165) is 12.1 Å². The van der Waals surface area contributed by atoms with Crippen LogP contribution in [0, 0.1) is 5.82 Å². The molecule has 1 unspecified atom stereocenters. The molecule has 0 saturated heterocycles. The lowest BCUT2D eigenvalue weighted by Gasteiger charge is -2.21. The second-order valence-electron chi connectivity index (χ2n) is 4.01. The molecular formula is C12H14F4N2O. The molecule has 0 spiro atoms. The molecule has 19 heavy (non-hydrogen) atoms. The first-order valence-corrected chi connectivity index (χ1v) is 5.64. The molecule has 7 heteroatoms. The van der Waals surface area contributed by atoms with Gasteiger partial charge in [0.15, 0.2) is 0 Å². The Labute approximate surface area is 107 Å². The molecule has 0 fully saturated rings. The molecule has 0 aromatic heterocycles. The van der Waals surface area contributed by atoms with Gasteiger partial charge in [-0.1, -0.05) is 13.0 Å². The zero-order valence-corrected chi connectivity index (χ0v) is 10.2. The summed E-state index contributed by atoms with van der Waals surface area (Å²) in [7, 11) is 0. The predicted octanol–water partition coefficient (Wildman–Crippen LogP) is 2.37. The fourth-order valence-corrected chi connectivity index (χ4v) is 1.82.